The Morgan fingerprint density at radius 1 is 1.38 bits per heavy atom. The third-order valence-corrected chi connectivity index (χ3v) is 4.11. The molecule has 0 fully saturated rings. The van der Waals surface area contributed by atoms with Crippen molar-refractivity contribution in [1.29, 1.82) is 0 Å². The van der Waals surface area contributed by atoms with Gasteiger partial charge in [0.15, 0.2) is 12.4 Å². The lowest BCUT2D eigenvalue weighted by Crippen LogP contribution is -2.09. The number of aromatic nitrogens is 2. The quantitative estimate of drug-likeness (QED) is 0.602. The molecule has 0 amide bonds. The summed E-state index contributed by atoms with van der Waals surface area (Å²) in [6, 6.07) is 5.15. The average molecular weight is 393 g/mol. The number of hydrogen-bond donors (Lipinski definition) is 1. The second-order valence-corrected chi connectivity index (χ2v) is 6.09. The van der Waals surface area contributed by atoms with Crippen molar-refractivity contribution in [2.45, 2.75) is 13.8 Å². The van der Waals surface area contributed by atoms with Crippen LogP contribution in [0.1, 0.15) is 27.3 Å². The number of ether oxygens (including phenoxy) is 1. The van der Waals surface area contributed by atoms with E-state index in [9.17, 15) is 9.59 Å². The summed E-state index contributed by atoms with van der Waals surface area (Å²) >= 11 is 3.33. The zero-order chi connectivity index (χ0) is 17.9. The van der Waals surface area contributed by atoms with E-state index in [1.165, 1.54) is 6.08 Å². The molecule has 0 saturated carbocycles. The number of ketones is 1. The van der Waals surface area contributed by atoms with Crippen LogP contribution in [-0.2, 0) is 11.8 Å². The molecule has 6 nitrogen and oxygen atoms in total. The highest BCUT2D eigenvalue weighted by Crippen LogP contribution is 2.26. The van der Waals surface area contributed by atoms with Gasteiger partial charge in [-0.15, -0.1) is 0 Å². The van der Waals surface area contributed by atoms with Crippen molar-refractivity contribution in [3.63, 3.8) is 0 Å². The highest BCUT2D eigenvalue weighted by molar-refractivity contribution is 9.10. The third-order valence-electron chi connectivity index (χ3n) is 3.49. The topological polar surface area (TPSA) is 81.4 Å². The molecule has 1 N–H and O–H groups in total. The van der Waals surface area contributed by atoms with Crippen molar-refractivity contribution >= 4 is 33.8 Å². The van der Waals surface area contributed by atoms with Gasteiger partial charge in [-0.3, -0.25) is 9.48 Å². The van der Waals surface area contributed by atoms with Gasteiger partial charge in [-0.1, -0.05) is 12.1 Å². The number of rotatable bonds is 6. The summed E-state index contributed by atoms with van der Waals surface area (Å²) in [5, 5.41) is 12.9. The normalized spacial score (nSPS) is 11.0. The number of benzene rings is 1. The van der Waals surface area contributed by atoms with Crippen molar-refractivity contribution in [1.82, 2.24) is 9.78 Å². The molecule has 0 aliphatic carbocycles. The van der Waals surface area contributed by atoms with Gasteiger partial charge in [-0.2, -0.15) is 5.10 Å². The van der Waals surface area contributed by atoms with Crippen molar-refractivity contribution < 1.29 is 19.4 Å². The highest BCUT2D eigenvalue weighted by Gasteiger charge is 2.14. The minimum absolute atomic E-state index is 0.111. The smallest absolute Gasteiger partial charge is 0.341 e. The molecular formula is C17H17BrN2O4. The Labute approximate surface area is 147 Å². The van der Waals surface area contributed by atoms with Crippen LogP contribution in [0.3, 0.4) is 0 Å². The van der Waals surface area contributed by atoms with Crippen LogP contribution in [0.4, 0.5) is 0 Å². The summed E-state index contributed by atoms with van der Waals surface area (Å²) in [4.78, 5) is 22.9. The molecule has 2 rings (SSSR count). The number of aryl methyl sites for hydroxylation is 2. The molecule has 0 aliphatic heterocycles. The van der Waals surface area contributed by atoms with Crippen molar-refractivity contribution in [3.05, 3.63) is 51.3 Å². The third kappa shape index (κ3) is 4.11. The Morgan fingerprint density at radius 2 is 2.08 bits per heavy atom. The van der Waals surface area contributed by atoms with Crippen LogP contribution >= 0.6 is 15.9 Å². The molecule has 126 valence electrons. The zero-order valence-corrected chi connectivity index (χ0v) is 15.1. The van der Waals surface area contributed by atoms with E-state index in [4.69, 9.17) is 9.84 Å². The molecule has 1 heterocycles. The summed E-state index contributed by atoms with van der Waals surface area (Å²) in [7, 11) is 1.80. The Morgan fingerprint density at radius 3 is 2.62 bits per heavy atom. The SMILES string of the molecule is Cc1nn(C)c(C)c1C(=O)/C=C/c1ccc(OCC(=O)O)c(Br)c1. The van der Waals surface area contributed by atoms with E-state index in [0.29, 0.717) is 21.5 Å². The minimum atomic E-state index is -1.04. The first kappa shape index (κ1) is 17.9. The predicted molar refractivity (Wildman–Crippen MR) is 93.3 cm³/mol. The van der Waals surface area contributed by atoms with Gasteiger partial charge in [-0.05, 0) is 53.5 Å². The number of halogens is 1. The predicted octanol–water partition coefficient (Wildman–Crippen LogP) is 3.16. The summed E-state index contributed by atoms with van der Waals surface area (Å²) < 4.78 is 7.43. The van der Waals surface area contributed by atoms with Gasteiger partial charge in [0.2, 0.25) is 0 Å². The van der Waals surface area contributed by atoms with Gasteiger partial charge in [0.25, 0.3) is 0 Å². The first-order valence-electron chi connectivity index (χ1n) is 7.16. The number of carboxylic acids is 1. The first-order valence-corrected chi connectivity index (χ1v) is 7.95. The summed E-state index contributed by atoms with van der Waals surface area (Å²) in [5.41, 5.74) is 2.91. The molecule has 0 atom stereocenters. The molecule has 2 aromatic rings. The maximum absolute atomic E-state index is 12.4. The standard InChI is InChI=1S/C17H17BrN2O4/c1-10-17(11(2)20(3)19-10)14(21)6-4-12-5-7-15(13(18)8-12)24-9-16(22)23/h4-8H,9H2,1-3H3,(H,22,23)/b6-4+. The van der Waals surface area contributed by atoms with Gasteiger partial charge < -0.3 is 9.84 Å². The van der Waals surface area contributed by atoms with Crippen LogP contribution in [0.25, 0.3) is 6.08 Å². The fourth-order valence-electron chi connectivity index (χ4n) is 2.26. The van der Waals surface area contributed by atoms with Crippen molar-refractivity contribution in [2.24, 2.45) is 7.05 Å². The second-order valence-electron chi connectivity index (χ2n) is 5.24. The number of allylic oxidation sites excluding steroid dienone is 1. The van der Waals surface area contributed by atoms with E-state index in [-0.39, 0.29) is 5.78 Å². The van der Waals surface area contributed by atoms with Gasteiger partial charge in [-0.25, -0.2) is 4.79 Å². The van der Waals surface area contributed by atoms with Crippen LogP contribution in [-0.4, -0.2) is 33.2 Å². The monoisotopic (exact) mass is 392 g/mol. The molecule has 24 heavy (non-hydrogen) atoms. The largest absolute Gasteiger partial charge is 0.481 e. The molecule has 0 radical (unpaired) electrons. The average Bonchev–Trinajstić information content (AvgIpc) is 2.76. The van der Waals surface area contributed by atoms with Gasteiger partial charge in [0, 0.05) is 12.7 Å². The van der Waals surface area contributed by atoms with Gasteiger partial charge >= 0.3 is 5.97 Å². The van der Waals surface area contributed by atoms with Crippen LogP contribution in [0.15, 0.2) is 28.7 Å². The number of carbonyl (C=O) groups is 2. The Hall–Kier alpha value is -2.41. The molecular weight excluding hydrogens is 376 g/mol. The molecule has 0 saturated heterocycles. The Balaban J connectivity index is 2.15. The molecule has 0 unspecified atom stereocenters. The minimum Gasteiger partial charge on any atom is -0.481 e. The lowest BCUT2D eigenvalue weighted by Gasteiger charge is -2.06. The van der Waals surface area contributed by atoms with Crippen LogP contribution in [0.5, 0.6) is 5.75 Å². The second kappa shape index (κ2) is 7.44. The maximum atomic E-state index is 12.4. The van der Waals surface area contributed by atoms with Crippen LogP contribution < -0.4 is 4.74 Å². The summed E-state index contributed by atoms with van der Waals surface area (Å²) in [6.07, 6.45) is 3.19. The number of nitrogens with zero attached hydrogens (tertiary/aromatic N) is 2. The van der Waals surface area contributed by atoms with E-state index in [1.807, 2.05) is 6.92 Å². The van der Waals surface area contributed by atoms with Gasteiger partial charge in [0.1, 0.15) is 5.75 Å². The molecule has 0 spiro atoms. The van der Waals surface area contributed by atoms with Crippen LogP contribution in [0.2, 0.25) is 0 Å². The molecule has 7 heteroatoms. The summed E-state index contributed by atoms with van der Waals surface area (Å²) in [6.45, 7) is 3.25. The number of carboxylic acid groups (broad SMARTS) is 1. The van der Waals surface area contributed by atoms with Crippen LogP contribution in [0, 0.1) is 13.8 Å². The molecule has 0 bridgehead atoms. The first-order chi connectivity index (χ1) is 11.3. The molecule has 1 aromatic heterocycles. The maximum Gasteiger partial charge on any atom is 0.341 e. The van der Waals surface area contributed by atoms with E-state index in [1.54, 1.807) is 42.9 Å². The lowest BCUT2D eigenvalue weighted by molar-refractivity contribution is -0.139. The molecule has 0 aliphatic rings. The fraction of sp³-hybridized carbons (Fsp3) is 0.235. The van der Waals surface area contributed by atoms with Crippen molar-refractivity contribution in [3.8, 4) is 5.75 Å². The highest BCUT2D eigenvalue weighted by atomic mass is 79.9. The lowest BCUT2D eigenvalue weighted by atomic mass is 10.1. The van der Waals surface area contributed by atoms with E-state index in [0.717, 1.165) is 11.3 Å². The van der Waals surface area contributed by atoms with E-state index < -0.39 is 12.6 Å². The Kier molecular flexibility index (Phi) is 5.56. The fourth-order valence-corrected chi connectivity index (χ4v) is 2.77. The van der Waals surface area contributed by atoms with Crippen molar-refractivity contribution in [2.75, 3.05) is 6.61 Å². The zero-order valence-electron chi connectivity index (χ0n) is 13.5. The van der Waals surface area contributed by atoms with E-state index in [2.05, 4.69) is 21.0 Å². The summed E-state index contributed by atoms with van der Waals surface area (Å²) in [5.74, 6) is -0.723. The Bertz CT molecular complexity index is 824. The number of aliphatic carboxylic acids is 1. The number of carbonyl (C=O) groups excluding carboxylic acids is 1. The van der Waals surface area contributed by atoms with Gasteiger partial charge in [0.05, 0.1) is 15.7 Å². The molecule has 1 aromatic carbocycles. The number of hydrogen-bond acceptors (Lipinski definition) is 4. The van der Waals surface area contributed by atoms with E-state index >= 15 is 0 Å².